The predicted molar refractivity (Wildman–Crippen MR) is 51.5 cm³/mol. The molecule has 6 nitrogen and oxygen atoms in total. The molecule has 0 spiro atoms. The molecule has 0 aromatic rings. The summed E-state index contributed by atoms with van der Waals surface area (Å²) in [5.41, 5.74) is 0. The molecule has 88 valence electrons. The third-order valence-electron chi connectivity index (χ3n) is 2.42. The van der Waals surface area contributed by atoms with Crippen molar-refractivity contribution in [1.82, 2.24) is 4.90 Å². The number of hydrogen-bond donors (Lipinski definition) is 3. The average molecular weight is 219 g/mol. The summed E-state index contributed by atoms with van der Waals surface area (Å²) in [4.78, 5) is 12.5. The Balaban J connectivity index is 2.29. The van der Waals surface area contributed by atoms with Gasteiger partial charge in [-0.3, -0.25) is 9.69 Å². The van der Waals surface area contributed by atoms with E-state index in [2.05, 4.69) is 0 Å². The summed E-state index contributed by atoms with van der Waals surface area (Å²) in [6, 6.07) is -0.613. The van der Waals surface area contributed by atoms with Crippen molar-refractivity contribution in [2.75, 3.05) is 32.9 Å². The van der Waals surface area contributed by atoms with Gasteiger partial charge in [0.15, 0.2) is 0 Å². The minimum absolute atomic E-state index is 0.0367. The van der Waals surface area contributed by atoms with Gasteiger partial charge in [-0.25, -0.2) is 0 Å². The van der Waals surface area contributed by atoms with Crippen LogP contribution in [-0.4, -0.2) is 71.2 Å². The molecule has 0 aliphatic carbocycles. The molecule has 0 amide bonds. The van der Waals surface area contributed by atoms with Crippen LogP contribution in [-0.2, 0) is 9.53 Å². The molecule has 0 radical (unpaired) electrons. The van der Waals surface area contributed by atoms with Gasteiger partial charge in [-0.15, -0.1) is 0 Å². The van der Waals surface area contributed by atoms with Crippen LogP contribution in [0.3, 0.4) is 0 Å². The lowest BCUT2D eigenvalue weighted by Gasteiger charge is -2.20. The fourth-order valence-corrected chi connectivity index (χ4v) is 1.73. The number of carboxylic acids is 1. The highest BCUT2D eigenvalue weighted by molar-refractivity contribution is 5.74. The van der Waals surface area contributed by atoms with Crippen LogP contribution in [0, 0.1) is 0 Å². The van der Waals surface area contributed by atoms with Crippen LogP contribution in [0.5, 0.6) is 0 Å². The van der Waals surface area contributed by atoms with E-state index in [4.69, 9.17) is 14.9 Å². The SMILES string of the molecule is O=C(O)C1CC(O)CN1CCOCCO. The van der Waals surface area contributed by atoms with Crippen molar-refractivity contribution < 1.29 is 24.9 Å². The maximum Gasteiger partial charge on any atom is 0.321 e. The van der Waals surface area contributed by atoms with Gasteiger partial charge in [-0.1, -0.05) is 0 Å². The second-order valence-electron chi connectivity index (χ2n) is 3.57. The standard InChI is InChI=1S/C9H17NO5/c11-2-4-15-3-1-10-6-7(12)5-8(10)9(13)14/h7-8,11-12H,1-6H2,(H,13,14). The van der Waals surface area contributed by atoms with E-state index in [1.54, 1.807) is 4.90 Å². The third kappa shape index (κ3) is 3.75. The molecule has 1 fully saturated rings. The van der Waals surface area contributed by atoms with E-state index >= 15 is 0 Å². The highest BCUT2D eigenvalue weighted by Crippen LogP contribution is 2.17. The molecule has 3 N–H and O–H groups in total. The fourth-order valence-electron chi connectivity index (χ4n) is 1.73. The number of carboxylic acid groups (broad SMARTS) is 1. The Morgan fingerprint density at radius 2 is 2.20 bits per heavy atom. The highest BCUT2D eigenvalue weighted by Gasteiger charge is 2.35. The van der Waals surface area contributed by atoms with E-state index in [0.717, 1.165) is 0 Å². The minimum atomic E-state index is -0.909. The molecule has 1 rings (SSSR count). The number of aliphatic carboxylic acids is 1. The van der Waals surface area contributed by atoms with Crippen molar-refractivity contribution in [2.45, 2.75) is 18.6 Å². The quantitative estimate of drug-likeness (QED) is 0.472. The molecule has 15 heavy (non-hydrogen) atoms. The van der Waals surface area contributed by atoms with Gasteiger partial charge in [-0.05, 0) is 0 Å². The van der Waals surface area contributed by atoms with Crippen LogP contribution in [0.25, 0.3) is 0 Å². The Hall–Kier alpha value is -0.690. The van der Waals surface area contributed by atoms with Gasteiger partial charge in [-0.2, -0.15) is 0 Å². The zero-order chi connectivity index (χ0) is 11.3. The molecule has 6 heteroatoms. The molecule has 0 saturated carbocycles. The second-order valence-corrected chi connectivity index (χ2v) is 3.57. The van der Waals surface area contributed by atoms with Crippen molar-refractivity contribution >= 4 is 5.97 Å². The van der Waals surface area contributed by atoms with Crippen LogP contribution in [0.4, 0.5) is 0 Å². The molecular weight excluding hydrogens is 202 g/mol. The largest absolute Gasteiger partial charge is 0.480 e. The summed E-state index contributed by atoms with van der Waals surface area (Å²) in [5.74, 6) is -0.909. The van der Waals surface area contributed by atoms with E-state index in [9.17, 15) is 9.90 Å². The van der Waals surface area contributed by atoms with Crippen LogP contribution >= 0.6 is 0 Å². The first kappa shape index (κ1) is 12.4. The fraction of sp³-hybridized carbons (Fsp3) is 0.889. The highest BCUT2D eigenvalue weighted by atomic mass is 16.5. The first-order chi connectivity index (χ1) is 7.15. The molecule has 1 saturated heterocycles. The number of ether oxygens (including phenoxy) is 1. The molecule has 1 heterocycles. The van der Waals surface area contributed by atoms with Gasteiger partial charge in [0.05, 0.1) is 25.9 Å². The van der Waals surface area contributed by atoms with Crippen LogP contribution in [0.2, 0.25) is 0 Å². The molecule has 1 aliphatic heterocycles. The van der Waals surface area contributed by atoms with Crippen LogP contribution < -0.4 is 0 Å². The number of carbonyl (C=O) groups is 1. The Morgan fingerprint density at radius 1 is 1.47 bits per heavy atom. The smallest absolute Gasteiger partial charge is 0.321 e. The number of aliphatic hydroxyl groups excluding tert-OH is 2. The first-order valence-electron chi connectivity index (χ1n) is 4.98. The number of nitrogens with zero attached hydrogens (tertiary/aromatic N) is 1. The van der Waals surface area contributed by atoms with Crippen molar-refractivity contribution in [3.8, 4) is 0 Å². The van der Waals surface area contributed by atoms with Crippen LogP contribution in [0.1, 0.15) is 6.42 Å². The summed E-state index contributed by atoms with van der Waals surface area (Å²) in [5, 5.41) is 26.7. The lowest BCUT2D eigenvalue weighted by atomic mass is 10.2. The Bertz CT molecular complexity index is 211. The summed E-state index contributed by atoms with van der Waals surface area (Å²) < 4.78 is 5.04. The Kier molecular flexibility index (Phi) is 4.97. The molecule has 2 atom stereocenters. The second kappa shape index (κ2) is 6.02. The normalized spacial score (nSPS) is 27.1. The average Bonchev–Trinajstić information content (AvgIpc) is 2.55. The molecule has 0 aromatic heterocycles. The number of aliphatic hydroxyl groups is 2. The summed E-state index contributed by atoms with van der Waals surface area (Å²) in [6.45, 7) is 1.43. The third-order valence-corrected chi connectivity index (χ3v) is 2.42. The summed E-state index contributed by atoms with van der Waals surface area (Å²) >= 11 is 0. The summed E-state index contributed by atoms with van der Waals surface area (Å²) in [6.07, 6.45) is -0.293. The maximum absolute atomic E-state index is 10.8. The van der Waals surface area contributed by atoms with E-state index in [0.29, 0.717) is 19.7 Å². The van der Waals surface area contributed by atoms with Crippen molar-refractivity contribution in [2.24, 2.45) is 0 Å². The Morgan fingerprint density at radius 3 is 2.80 bits per heavy atom. The first-order valence-corrected chi connectivity index (χ1v) is 4.98. The molecule has 2 unspecified atom stereocenters. The lowest BCUT2D eigenvalue weighted by molar-refractivity contribution is -0.142. The molecular formula is C9H17NO5. The lowest BCUT2D eigenvalue weighted by Crippen LogP contribution is -2.38. The topological polar surface area (TPSA) is 90.2 Å². The summed E-state index contributed by atoms with van der Waals surface area (Å²) in [7, 11) is 0. The zero-order valence-electron chi connectivity index (χ0n) is 8.50. The van der Waals surface area contributed by atoms with E-state index < -0.39 is 18.1 Å². The van der Waals surface area contributed by atoms with Gasteiger partial charge < -0.3 is 20.1 Å². The van der Waals surface area contributed by atoms with E-state index in [1.165, 1.54) is 0 Å². The van der Waals surface area contributed by atoms with E-state index in [-0.39, 0.29) is 19.6 Å². The monoisotopic (exact) mass is 219 g/mol. The zero-order valence-corrected chi connectivity index (χ0v) is 8.50. The Labute approximate surface area is 88.1 Å². The van der Waals surface area contributed by atoms with Gasteiger partial charge in [0.25, 0.3) is 0 Å². The maximum atomic E-state index is 10.8. The predicted octanol–water partition coefficient (Wildman–Crippen LogP) is -1.48. The molecule has 0 bridgehead atoms. The van der Waals surface area contributed by atoms with Crippen LogP contribution in [0.15, 0.2) is 0 Å². The number of hydrogen-bond acceptors (Lipinski definition) is 5. The number of likely N-dealkylation sites (tertiary alicyclic amines) is 1. The minimum Gasteiger partial charge on any atom is -0.480 e. The van der Waals surface area contributed by atoms with Gasteiger partial charge in [0.2, 0.25) is 0 Å². The van der Waals surface area contributed by atoms with Gasteiger partial charge in [0, 0.05) is 19.5 Å². The van der Waals surface area contributed by atoms with Gasteiger partial charge >= 0.3 is 5.97 Å². The van der Waals surface area contributed by atoms with Gasteiger partial charge in [0.1, 0.15) is 6.04 Å². The number of β-amino-alcohol motifs (C(OH)–C–C–N with tert-alkyl or cyclic N) is 1. The molecule has 1 aliphatic rings. The van der Waals surface area contributed by atoms with E-state index in [1.807, 2.05) is 0 Å². The van der Waals surface area contributed by atoms with Crippen molar-refractivity contribution in [3.63, 3.8) is 0 Å². The van der Waals surface area contributed by atoms with Crippen molar-refractivity contribution in [1.29, 1.82) is 0 Å². The molecule has 0 aromatic carbocycles. The number of rotatable bonds is 6. The van der Waals surface area contributed by atoms with Crippen molar-refractivity contribution in [3.05, 3.63) is 0 Å².